The average Bonchev–Trinajstić information content (AvgIpc) is 3.07. The molecule has 0 aliphatic carbocycles. The summed E-state index contributed by atoms with van der Waals surface area (Å²) in [6, 6.07) is 4.69. The van der Waals surface area contributed by atoms with Crippen molar-refractivity contribution in [2.75, 3.05) is 19.1 Å². The van der Waals surface area contributed by atoms with Crippen LogP contribution in [0.2, 0.25) is 0 Å². The molecule has 21 heavy (non-hydrogen) atoms. The number of ether oxygens (including phenoxy) is 1. The largest absolute Gasteiger partial charge is 0.378 e. The Morgan fingerprint density at radius 3 is 2.81 bits per heavy atom. The van der Waals surface area contributed by atoms with Crippen molar-refractivity contribution in [2.24, 2.45) is 0 Å². The van der Waals surface area contributed by atoms with E-state index in [0.717, 1.165) is 23.9 Å². The van der Waals surface area contributed by atoms with E-state index in [2.05, 4.69) is 41.6 Å². The highest BCUT2D eigenvalue weighted by Crippen LogP contribution is 2.30. The Labute approximate surface area is 134 Å². The van der Waals surface area contributed by atoms with E-state index >= 15 is 0 Å². The molecule has 6 heteroatoms. The maximum atomic E-state index is 5.27. The molecule has 0 atom stereocenters. The van der Waals surface area contributed by atoms with Crippen molar-refractivity contribution in [3.8, 4) is 0 Å². The van der Waals surface area contributed by atoms with E-state index in [9.17, 15) is 0 Å². The summed E-state index contributed by atoms with van der Waals surface area (Å²) in [5.41, 5.74) is 1.05. The molecule has 0 fully saturated rings. The van der Waals surface area contributed by atoms with Crippen molar-refractivity contribution in [3.63, 3.8) is 0 Å². The Balaban J connectivity index is 2.24. The highest BCUT2D eigenvalue weighted by atomic mass is 32.1. The minimum atomic E-state index is 0.413. The third kappa shape index (κ3) is 4.26. The fraction of sp³-hybridized carbons (Fsp3) is 0.533. The van der Waals surface area contributed by atoms with Crippen molar-refractivity contribution in [3.05, 3.63) is 33.0 Å². The fourth-order valence-electron chi connectivity index (χ4n) is 2.08. The maximum absolute atomic E-state index is 5.27. The van der Waals surface area contributed by atoms with Crippen LogP contribution in [0.25, 0.3) is 0 Å². The van der Waals surface area contributed by atoms with Gasteiger partial charge in [-0.15, -0.1) is 22.7 Å². The van der Waals surface area contributed by atoms with Crippen molar-refractivity contribution in [2.45, 2.75) is 39.6 Å². The molecule has 0 unspecified atom stereocenters. The molecule has 0 aromatic carbocycles. The molecule has 4 nitrogen and oxygen atoms in total. The Morgan fingerprint density at radius 1 is 1.43 bits per heavy atom. The molecule has 2 heterocycles. The zero-order valence-electron chi connectivity index (χ0n) is 13.0. The number of rotatable bonds is 8. The lowest BCUT2D eigenvalue weighted by molar-refractivity contribution is 0.181. The molecule has 0 saturated carbocycles. The number of thiophene rings is 1. The quantitative estimate of drug-likeness (QED) is 0.806. The van der Waals surface area contributed by atoms with Crippen LogP contribution >= 0.6 is 22.7 Å². The van der Waals surface area contributed by atoms with Gasteiger partial charge >= 0.3 is 0 Å². The van der Waals surface area contributed by atoms with Gasteiger partial charge in [0.1, 0.15) is 0 Å². The van der Waals surface area contributed by atoms with Crippen LogP contribution in [0.1, 0.15) is 29.3 Å². The van der Waals surface area contributed by atoms with Crippen LogP contribution in [0.3, 0.4) is 0 Å². The van der Waals surface area contributed by atoms with Crippen LogP contribution in [0.4, 0.5) is 5.13 Å². The first-order valence-corrected chi connectivity index (χ1v) is 8.76. The summed E-state index contributed by atoms with van der Waals surface area (Å²) in [7, 11) is 3.68. The molecule has 0 amide bonds. The van der Waals surface area contributed by atoms with E-state index in [1.54, 1.807) is 29.8 Å². The maximum Gasteiger partial charge on any atom is 0.186 e. The van der Waals surface area contributed by atoms with Gasteiger partial charge in [0.15, 0.2) is 5.13 Å². The number of hydrogen-bond acceptors (Lipinski definition) is 6. The molecular formula is C15H23N3OS2. The van der Waals surface area contributed by atoms with Gasteiger partial charge in [-0.2, -0.15) is 0 Å². The summed E-state index contributed by atoms with van der Waals surface area (Å²) in [6.07, 6.45) is 0. The predicted molar refractivity (Wildman–Crippen MR) is 91.2 cm³/mol. The Bertz CT molecular complexity index is 514. The number of nitrogens with zero attached hydrogens (tertiary/aromatic N) is 2. The number of aromatic nitrogens is 1. The van der Waals surface area contributed by atoms with Gasteiger partial charge in [0, 0.05) is 29.5 Å². The number of anilines is 1. The van der Waals surface area contributed by atoms with Gasteiger partial charge in [0.2, 0.25) is 0 Å². The Hall–Kier alpha value is -0.950. The standard InChI is InChI=1S/C15H23N3OS2/c1-11(2)18(9-12-6-5-7-20-12)15-17-13(10-19-4)14(21-15)8-16-3/h5-7,11,16H,8-10H2,1-4H3. The molecule has 0 bridgehead atoms. The molecule has 0 spiro atoms. The highest BCUT2D eigenvalue weighted by Gasteiger charge is 2.19. The Kier molecular flexibility index (Phi) is 6.17. The van der Waals surface area contributed by atoms with Crippen molar-refractivity contribution in [1.29, 1.82) is 0 Å². The monoisotopic (exact) mass is 325 g/mol. The minimum Gasteiger partial charge on any atom is -0.378 e. The Morgan fingerprint density at radius 2 is 2.24 bits per heavy atom. The van der Waals surface area contributed by atoms with Crippen molar-refractivity contribution < 1.29 is 4.74 Å². The second kappa shape index (κ2) is 7.89. The van der Waals surface area contributed by atoms with Crippen LogP contribution in [-0.2, 0) is 24.4 Å². The summed E-state index contributed by atoms with van der Waals surface area (Å²) in [5.74, 6) is 0. The molecule has 1 N–H and O–H groups in total. The van der Waals surface area contributed by atoms with Gasteiger partial charge in [-0.3, -0.25) is 0 Å². The van der Waals surface area contributed by atoms with Crippen LogP contribution in [-0.4, -0.2) is 25.2 Å². The molecule has 2 rings (SSSR count). The molecule has 0 aliphatic heterocycles. The molecular weight excluding hydrogens is 302 g/mol. The van der Waals surface area contributed by atoms with Gasteiger partial charge in [0.05, 0.1) is 18.8 Å². The summed E-state index contributed by atoms with van der Waals surface area (Å²) >= 11 is 3.55. The number of hydrogen-bond donors (Lipinski definition) is 1. The second-order valence-corrected chi connectivity index (χ2v) is 7.22. The summed E-state index contributed by atoms with van der Waals surface area (Å²) in [5, 5.41) is 6.41. The van der Waals surface area contributed by atoms with E-state index in [-0.39, 0.29) is 0 Å². The van der Waals surface area contributed by atoms with E-state index in [1.807, 2.05) is 7.05 Å². The van der Waals surface area contributed by atoms with E-state index in [0.29, 0.717) is 12.6 Å². The van der Waals surface area contributed by atoms with Crippen LogP contribution < -0.4 is 10.2 Å². The predicted octanol–water partition coefficient (Wildman–Crippen LogP) is 3.49. The van der Waals surface area contributed by atoms with Gasteiger partial charge in [-0.25, -0.2) is 4.98 Å². The van der Waals surface area contributed by atoms with Crippen LogP contribution in [0.15, 0.2) is 17.5 Å². The molecule has 2 aromatic heterocycles. The lowest BCUT2D eigenvalue weighted by atomic mass is 10.3. The zero-order chi connectivity index (χ0) is 15.2. The first-order valence-electron chi connectivity index (χ1n) is 7.06. The first-order chi connectivity index (χ1) is 10.2. The third-order valence-electron chi connectivity index (χ3n) is 3.16. The highest BCUT2D eigenvalue weighted by molar-refractivity contribution is 7.15. The fourth-order valence-corrected chi connectivity index (χ4v) is 3.99. The smallest absolute Gasteiger partial charge is 0.186 e. The zero-order valence-corrected chi connectivity index (χ0v) is 14.7. The van der Waals surface area contributed by atoms with Crippen molar-refractivity contribution >= 4 is 27.8 Å². The molecule has 0 saturated heterocycles. The number of nitrogens with one attached hydrogen (secondary N) is 1. The van der Waals surface area contributed by atoms with Crippen LogP contribution in [0, 0.1) is 0 Å². The van der Waals surface area contributed by atoms with Gasteiger partial charge in [-0.1, -0.05) is 6.07 Å². The van der Waals surface area contributed by atoms with E-state index in [1.165, 1.54) is 9.75 Å². The van der Waals surface area contributed by atoms with E-state index in [4.69, 9.17) is 9.72 Å². The molecule has 116 valence electrons. The van der Waals surface area contributed by atoms with Gasteiger partial charge in [0.25, 0.3) is 0 Å². The lowest BCUT2D eigenvalue weighted by Gasteiger charge is -2.25. The third-order valence-corrected chi connectivity index (χ3v) is 5.16. The minimum absolute atomic E-state index is 0.413. The molecule has 0 radical (unpaired) electrons. The SMILES string of the molecule is CNCc1sc(N(Cc2cccs2)C(C)C)nc1COC. The number of thiazole rings is 1. The van der Waals surface area contributed by atoms with Gasteiger partial charge < -0.3 is 15.0 Å². The summed E-state index contributed by atoms with van der Waals surface area (Å²) in [4.78, 5) is 9.78. The average molecular weight is 326 g/mol. The van der Waals surface area contributed by atoms with Gasteiger partial charge in [-0.05, 0) is 32.3 Å². The number of methoxy groups -OCH3 is 1. The second-order valence-electron chi connectivity index (χ2n) is 5.13. The first kappa shape index (κ1) is 16.4. The van der Waals surface area contributed by atoms with E-state index < -0.39 is 0 Å². The topological polar surface area (TPSA) is 37.4 Å². The van der Waals surface area contributed by atoms with Crippen LogP contribution in [0.5, 0.6) is 0 Å². The molecule has 0 aliphatic rings. The normalized spacial score (nSPS) is 11.3. The lowest BCUT2D eigenvalue weighted by Crippen LogP contribution is -2.29. The summed E-state index contributed by atoms with van der Waals surface area (Å²) in [6.45, 7) is 6.74. The molecule has 2 aromatic rings. The summed E-state index contributed by atoms with van der Waals surface area (Å²) < 4.78 is 5.27. The van der Waals surface area contributed by atoms with Crippen molar-refractivity contribution in [1.82, 2.24) is 10.3 Å².